The maximum absolute atomic E-state index is 10.9. The Bertz CT molecular complexity index is 176. The summed E-state index contributed by atoms with van der Waals surface area (Å²) in [6.45, 7) is 2.62. The van der Waals surface area contributed by atoms with E-state index >= 15 is 0 Å². The number of hydrogen-bond donors (Lipinski definition) is 1. The molecule has 0 aromatic carbocycles. The van der Waals surface area contributed by atoms with Crippen LogP contribution >= 0.6 is 0 Å². The second-order valence-corrected chi connectivity index (χ2v) is 2.44. The Kier molecular flexibility index (Phi) is 5.22. The first kappa shape index (κ1) is 9.99. The monoisotopic (exact) mass is 154 g/mol. The van der Waals surface area contributed by atoms with Crippen LogP contribution in [-0.2, 0) is 4.79 Å². The van der Waals surface area contributed by atoms with Gasteiger partial charge in [-0.1, -0.05) is 5.92 Å². The van der Waals surface area contributed by atoms with Crippen molar-refractivity contribution in [1.29, 1.82) is 0 Å². The van der Waals surface area contributed by atoms with Gasteiger partial charge in [-0.2, -0.15) is 0 Å². The van der Waals surface area contributed by atoms with Crippen LogP contribution in [0.4, 0.5) is 0 Å². The number of rotatable bonds is 3. The lowest BCUT2D eigenvalue weighted by molar-refractivity contribution is -0.121. The van der Waals surface area contributed by atoms with Gasteiger partial charge >= 0.3 is 0 Å². The summed E-state index contributed by atoms with van der Waals surface area (Å²) in [5.41, 5.74) is 0. The number of nitrogens with one attached hydrogen (secondary N) is 1. The normalized spacial score (nSPS) is 8.73. The summed E-state index contributed by atoms with van der Waals surface area (Å²) >= 11 is 0. The van der Waals surface area contributed by atoms with Crippen LogP contribution in [0.1, 0.15) is 6.92 Å². The SMILES string of the molecule is CC#CCNC(=O)CN(C)C. The Morgan fingerprint density at radius 2 is 2.18 bits per heavy atom. The molecule has 62 valence electrons. The summed E-state index contributed by atoms with van der Waals surface area (Å²) in [6, 6.07) is 0. The lowest BCUT2D eigenvalue weighted by Gasteiger charge is -2.07. The Hall–Kier alpha value is -1.01. The Balaban J connectivity index is 3.43. The topological polar surface area (TPSA) is 32.3 Å². The third kappa shape index (κ3) is 6.88. The molecule has 3 nitrogen and oxygen atoms in total. The summed E-state index contributed by atoms with van der Waals surface area (Å²) in [5.74, 6) is 5.46. The molecule has 11 heavy (non-hydrogen) atoms. The van der Waals surface area contributed by atoms with Crippen LogP contribution in [-0.4, -0.2) is 38.0 Å². The molecule has 0 fully saturated rings. The van der Waals surface area contributed by atoms with Crippen molar-refractivity contribution >= 4 is 5.91 Å². The van der Waals surface area contributed by atoms with Crippen molar-refractivity contribution in [3.05, 3.63) is 0 Å². The van der Waals surface area contributed by atoms with Gasteiger partial charge in [0.1, 0.15) is 0 Å². The highest BCUT2D eigenvalue weighted by Gasteiger charge is 1.98. The van der Waals surface area contributed by atoms with Crippen molar-refractivity contribution in [3.63, 3.8) is 0 Å². The van der Waals surface area contributed by atoms with Crippen LogP contribution in [0.5, 0.6) is 0 Å². The van der Waals surface area contributed by atoms with Crippen molar-refractivity contribution in [2.75, 3.05) is 27.2 Å². The van der Waals surface area contributed by atoms with E-state index in [-0.39, 0.29) is 5.91 Å². The van der Waals surface area contributed by atoms with E-state index in [0.717, 1.165) is 0 Å². The van der Waals surface area contributed by atoms with Gasteiger partial charge in [0, 0.05) is 0 Å². The van der Waals surface area contributed by atoms with Gasteiger partial charge in [-0.05, 0) is 21.0 Å². The van der Waals surface area contributed by atoms with Gasteiger partial charge in [0.2, 0.25) is 5.91 Å². The number of amides is 1. The first-order valence-corrected chi connectivity index (χ1v) is 3.48. The van der Waals surface area contributed by atoms with E-state index < -0.39 is 0 Å². The molecule has 1 N–H and O–H groups in total. The predicted molar refractivity (Wildman–Crippen MR) is 45.0 cm³/mol. The van der Waals surface area contributed by atoms with Gasteiger partial charge in [-0.3, -0.25) is 4.79 Å². The minimum absolute atomic E-state index is 0.0118. The molecule has 0 saturated heterocycles. The number of carbonyl (C=O) groups is 1. The fraction of sp³-hybridized carbons (Fsp3) is 0.625. The Morgan fingerprint density at radius 1 is 1.55 bits per heavy atom. The van der Waals surface area contributed by atoms with Crippen molar-refractivity contribution in [2.45, 2.75) is 6.92 Å². The molecule has 0 aliphatic heterocycles. The molecule has 0 radical (unpaired) electrons. The van der Waals surface area contributed by atoms with E-state index in [1.807, 2.05) is 19.0 Å². The molecule has 0 heterocycles. The highest BCUT2D eigenvalue weighted by Crippen LogP contribution is 1.72. The van der Waals surface area contributed by atoms with E-state index in [4.69, 9.17) is 0 Å². The average molecular weight is 154 g/mol. The van der Waals surface area contributed by atoms with Gasteiger partial charge in [0.25, 0.3) is 0 Å². The minimum Gasteiger partial charge on any atom is -0.344 e. The maximum Gasteiger partial charge on any atom is 0.234 e. The van der Waals surface area contributed by atoms with Crippen LogP contribution in [0.25, 0.3) is 0 Å². The van der Waals surface area contributed by atoms with E-state index in [0.29, 0.717) is 13.1 Å². The van der Waals surface area contributed by atoms with Crippen molar-refractivity contribution < 1.29 is 4.79 Å². The van der Waals surface area contributed by atoms with Gasteiger partial charge in [0.05, 0.1) is 13.1 Å². The number of nitrogens with zero attached hydrogens (tertiary/aromatic N) is 1. The van der Waals surface area contributed by atoms with Crippen LogP contribution in [0, 0.1) is 11.8 Å². The number of hydrogen-bond acceptors (Lipinski definition) is 2. The van der Waals surface area contributed by atoms with Gasteiger partial charge in [-0.15, -0.1) is 5.92 Å². The molecule has 0 atom stereocenters. The third-order valence-electron chi connectivity index (χ3n) is 1.01. The van der Waals surface area contributed by atoms with Crippen LogP contribution < -0.4 is 5.32 Å². The van der Waals surface area contributed by atoms with Crippen LogP contribution in [0.15, 0.2) is 0 Å². The molecule has 0 bridgehead atoms. The zero-order chi connectivity index (χ0) is 8.69. The number of likely N-dealkylation sites (N-methyl/N-ethyl adjacent to an activating group) is 1. The maximum atomic E-state index is 10.9. The summed E-state index contributed by atoms with van der Waals surface area (Å²) < 4.78 is 0. The molecular formula is C8H14N2O. The van der Waals surface area contributed by atoms with E-state index in [1.165, 1.54) is 0 Å². The first-order valence-electron chi connectivity index (χ1n) is 3.48. The molecular weight excluding hydrogens is 140 g/mol. The predicted octanol–water partition coefficient (Wildman–Crippen LogP) is -0.312. The molecule has 0 aliphatic carbocycles. The van der Waals surface area contributed by atoms with E-state index in [9.17, 15) is 4.79 Å². The third-order valence-corrected chi connectivity index (χ3v) is 1.01. The Labute approximate surface area is 67.8 Å². The first-order chi connectivity index (χ1) is 5.16. The smallest absolute Gasteiger partial charge is 0.234 e. The highest BCUT2D eigenvalue weighted by atomic mass is 16.1. The summed E-state index contributed by atoms with van der Waals surface area (Å²) in [6.07, 6.45) is 0. The molecule has 0 rings (SSSR count). The van der Waals surface area contributed by atoms with E-state index in [1.54, 1.807) is 6.92 Å². The highest BCUT2D eigenvalue weighted by molar-refractivity contribution is 5.78. The average Bonchev–Trinajstić information content (AvgIpc) is 1.86. The molecule has 0 aliphatic rings. The van der Waals surface area contributed by atoms with Crippen molar-refractivity contribution in [2.24, 2.45) is 0 Å². The largest absolute Gasteiger partial charge is 0.344 e. The summed E-state index contributed by atoms with van der Waals surface area (Å²) in [5, 5.41) is 2.66. The Morgan fingerprint density at radius 3 is 2.64 bits per heavy atom. The second-order valence-electron chi connectivity index (χ2n) is 2.44. The molecule has 0 saturated carbocycles. The quantitative estimate of drug-likeness (QED) is 0.565. The van der Waals surface area contributed by atoms with Gasteiger partial charge < -0.3 is 10.2 Å². The molecule has 0 aromatic heterocycles. The fourth-order valence-electron chi connectivity index (χ4n) is 0.574. The lowest BCUT2D eigenvalue weighted by Crippen LogP contribution is -2.33. The summed E-state index contributed by atoms with van der Waals surface area (Å²) in [4.78, 5) is 12.7. The molecule has 1 amide bonds. The van der Waals surface area contributed by atoms with E-state index in [2.05, 4.69) is 17.2 Å². The van der Waals surface area contributed by atoms with Gasteiger partial charge in [0.15, 0.2) is 0 Å². The van der Waals surface area contributed by atoms with Crippen LogP contribution in [0.2, 0.25) is 0 Å². The van der Waals surface area contributed by atoms with Crippen molar-refractivity contribution in [1.82, 2.24) is 10.2 Å². The molecule has 3 heteroatoms. The lowest BCUT2D eigenvalue weighted by atomic mass is 10.5. The molecule has 0 aromatic rings. The van der Waals surface area contributed by atoms with Gasteiger partial charge in [-0.25, -0.2) is 0 Å². The standard InChI is InChI=1S/C8H14N2O/c1-4-5-6-9-8(11)7-10(2)3/h6-7H2,1-3H3,(H,9,11). The molecule has 0 spiro atoms. The minimum atomic E-state index is 0.0118. The molecule has 0 unspecified atom stereocenters. The second kappa shape index (κ2) is 5.75. The number of carbonyl (C=O) groups excluding carboxylic acids is 1. The summed E-state index contributed by atoms with van der Waals surface area (Å²) in [7, 11) is 3.70. The fourth-order valence-corrected chi connectivity index (χ4v) is 0.574. The zero-order valence-electron chi connectivity index (χ0n) is 7.27. The van der Waals surface area contributed by atoms with Crippen molar-refractivity contribution in [3.8, 4) is 11.8 Å². The zero-order valence-corrected chi connectivity index (χ0v) is 7.27. The van der Waals surface area contributed by atoms with Crippen LogP contribution in [0.3, 0.4) is 0 Å².